The molecule has 1 aromatic rings. The Morgan fingerprint density at radius 2 is 2.15 bits per heavy atom. The van der Waals surface area contributed by atoms with Crippen molar-refractivity contribution in [3.63, 3.8) is 0 Å². The molecule has 3 unspecified atom stereocenters. The van der Waals surface area contributed by atoms with E-state index in [0.717, 1.165) is 43.7 Å². The van der Waals surface area contributed by atoms with E-state index in [1.807, 2.05) is 0 Å². The van der Waals surface area contributed by atoms with Crippen LogP contribution in [0.15, 0.2) is 24.3 Å². The highest BCUT2D eigenvalue weighted by molar-refractivity contribution is 9.09. The van der Waals surface area contributed by atoms with Crippen molar-refractivity contribution in [2.75, 3.05) is 31.6 Å². The summed E-state index contributed by atoms with van der Waals surface area (Å²) in [6, 6.07) is 8.47. The summed E-state index contributed by atoms with van der Waals surface area (Å²) in [5, 5.41) is 0.915. The van der Waals surface area contributed by atoms with Gasteiger partial charge in [-0.25, -0.2) is 0 Å². The minimum atomic E-state index is 0.314. The Kier molecular flexibility index (Phi) is 4.64. The number of morpholine rings is 1. The van der Waals surface area contributed by atoms with Crippen molar-refractivity contribution in [3.05, 3.63) is 29.8 Å². The third kappa shape index (κ3) is 3.18. The molecule has 0 aromatic heterocycles. The topological polar surface area (TPSA) is 21.7 Å². The fourth-order valence-electron chi connectivity index (χ4n) is 3.29. The van der Waals surface area contributed by atoms with Crippen LogP contribution in [0, 0.1) is 0 Å². The summed E-state index contributed by atoms with van der Waals surface area (Å²) >= 11 is 3.55. The molecule has 0 radical (unpaired) electrons. The second-order valence-corrected chi connectivity index (χ2v) is 6.46. The number of benzene rings is 1. The largest absolute Gasteiger partial charge is 0.493 e. The van der Waals surface area contributed by atoms with Gasteiger partial charge in [-0.05, 0) is 25.0 Å². The molecule has 2 heterocycles. The van der Waals surface area contributed by atoms with Gasteiger partial charge in [-0.15, -0.1) is 0 Å². The maximum Gasteiger partial charge on any atom is 0.122 e. The van der Waals surface area contributed by atoms with E-state index in [9.17, 15) is 0 Å². The van der Waals surface area contributed by atoms with E-state index in [4.69, 9.17) is 9.47 Å². The van der Waals surface area contributed by atoms with Crippen LogP contribution in [0.5, 0.6) is 5.75 Å². The zero-order valence-corrected chi connectivity index (χ0v) is 13.5. The first-order chi connectivity index (χ1) is 9.76. The summed E-state index contributed by atoms with van der Waals surface area (Å²) in [7, 11) is 0. The standard InChI is InChI=1S/C16H22BrNO2/c1-12-9-18(11-14(8-17)20-12)10-13-6-7-19-16-5-3-2-4-15(13)16/h2-5,12-14H,6-11H2,1H3. The summed E-state index contributed by atoms with van der Waals surface area (Å²) in [6.07, 6.45) is 1.75. The molecule has 0 saturated carbocycles. The van der Waals surface area contributed by atoms with Gasteiger partial charge in [-0.2, -0.15) is 0 Å². The summed E-state index contributed by atoms with van der Waals surface area (Å²) in [6.45, 7) is 6.17. The first-order valence-electron chi connectivity index (χ1n) is 7.41. The molecule has 0 aliphatic carbocycles. The highest BCUT2D eigenvalue weighted by atomic mass is 79.9. The van der Waals surface area contributed by atoms with Gasteiger partial charge in [0.1, 0.15) is 5.75 Å². The second-order valence-electron chi connectivity index (χ2n) is 5.81. The molecule has 3 nitrogen and oxygen atoms in total. The molecule has 110 valence electrons. The first-order valence-corrected chi connectivity index (χ1v) is 8.54. The van der Waals surface area contributed by atoms with E-state index in [-0.39, 0.29) is 0 Å². The monoisotopic (exact) mass is 339 g/mol. The number of rotatable bonds is 3. The highest BCUT2D eigenvalue weighted by Gasteiger charge is 2.28. The van der Waals surface area contributed by atoms with E-state index >= 15 is 0 Å². The predicted octanol–water partition coefficient (Wildman–Crippen LogP) is 3.04. The van der Waals surface area contributed by atoms with Gasteiger partial charge in [-0.3, -0.25) is 4.90 Å². The molecule has 1 fully saturated rings. The molecule has 2 aliphatic heterocycles. The van der Waals surface area contributed by atoms with Crippen LogP contribution >= 0.6 is 15.9 Å². The number of alkyl halides is 1. The Bertz CT molecular complexity index is 454. The maximum absolute atomic E-state index is 5.91. The summed E-state index contributed by atoms with van der Waals surface area (Å²) in [5.41, 5.74) is 1.37. The van der Waals surface area contributed by atoms with E-state index in [1.165, 1.54) is 5.56 Å². The molecule has 0 N–H and O–H groups in total. The van der Waals surface area contributed by atoms with Gasteiger partial charge in [0, 0.05) is 30.9 Å². The Labute approximate surface area is 129 Å². The van der Waals surface area contributed by atoms with Crippen molar-refractivity contribution >= 4 is 15.9 Å². The highest BCUT2D eigenvalue weighted by Crippen LogP contribution is 2.34. The molecule has 0 amide bonds. The van der Waals surface area contributed by atoms with Crippen molar-refractivity contribution in [1.29, 1.82) is 0 Å². The van der Waals surface area contributed by atoms with Gasteiger partial charge >= 0.3 is 0 Å². The van der Waals surface area contributed by atoms with Gasteiger partial charge in [0.25, 0.3) is 0 Å². The van der Waals surface area contributed by atoms with Gasteiger partial charge in [0.05, 0.1) is 18.8 Å². The first kappa shape index (κ1) is 14.4. The summed E-state index contributed by atoms with van der Waals surface area (Å²) in [5.74, 6) is 1.66. The average Bonchev–Trinajstić information content (AvgIpc) is 2.47. The molecule has 0 spiro atoms. The molecular formula is C16H22BrNO2. The Morgan fingerprint density at radius 1 is 1.30 bits per heavy atom. The molecule has 1 aromatic carbocycles. The summed E-state index contributed by atoms with van der Waals surface area (Å²) < 4.78 is 11.7. The van der Waals surface area contributed by atoms with E-state index in [0.29, 0.717) is 18.1 Å². The van der Waals surface area contributed by atoms with Crippen LogP contribution in [0.3, 0.4) is 0 Å². The van der Waals surface area contributed by atoms with Crippen LogP contribution in [-0.4, -0.2) is 48.7 Å². The SMILES string of the molecule is CC1CN(CC2CCOc3ccccc32)CC(CBr)O1. The van der Waals surface area contributed by atoms with Crippen LogP contribution < -0.4 is 4.74 Å². The zero-order chi connectivity index (χ0) is 13.9. The summed E-state index contributed by atoms with van der Waals surface area (Å²) in [4.78, 5) is 2.55. The van der Waals surface area contributed by atoms with E-state index in [1.54, 1.807) is 0 Å². The molecular weight excluding hydrogens is 318 g/mol. The molecule has 2 aliphatic rings. The smallest absolute Gasteiger partial charge is 0.122 e. The van der Waals surface area contributed by atoms with Crippen molar-refractivity contribution < 1.29 is 9.47 Å². The van der Waals surface area contributed by atoms with E-state index < -0.39 is 0 Å². The van der Waals surface area contributed by atoms with Crippen molar-refractivity contribution in [2.24, 2.45) is 0 Å². The molecule has 1 saturated heterocycles. The zero-order valence-electron chi connectivity index (χ0n) is 11.9. The third-order valence-electron chi connectivity index (χ3n) is 4.14. The average molecular weight is 340 g/mol. The lowest BCUT2D eigenvalue weighted by Gasteiger charge is -2.39. The molecule has 3 rings (SSSR count). The quantitative estimate of drug-likeness (QED) is 0.790. The van der Waals surface area contributed by atoms with Crippen LogP contribution in [0.25, 0.3) is 0 Å². The van der Waals surface area contributed by atoms with Crippen LogP contribution in [0.2, 0.25) is 0 Å². The second kappa shape index (κ2) is 6.46. The third-order valence-corrected chi connectivity index (χ3v) is 4.86. The van der Waals surface area contributed by atoms with Gasteiger partial charge in [0.2, 0.25) is 0 Å². The Morgan fingerprint density at radius 3 is 3.00 bits per heavy atom. The fraction of sp³-hybridized carbons (Fsp3) is 0.625. The lowest BCUT2D eigenvalue weighted by atomic mass is 9.92. The van der Waals surface area contributed by atoms with Gasteiger partial charge in [-0.1, -0.05) is 34.1 Å². The normalized spacial score (nSPS) is 30.6. The number of hydrogen-bond donors (Lipinski definition) is 0. The number of fused-ring (bicyclic) bond motifs is 1. The molecule has 3 atom stereocenters. The number of para-hydroxylation sites is 1. The van der Waals surface area contributed by atoms with Crippen molar-refractivity contribution in [1.82, 2.24) is 4.90 Å². The van der Waals surface area contributed by atoms with Gasteiger partial charge < -0.3 is 9.47 Å². The number of halogens is 1. The van der Waals surface area contributed by atoms with Crippen molar-refractivity contribution in [2.45, 2.75) is 31.5 Å². The van der Waals surface area contributed by atoms with E-state index in [2.05, 4.69) is 52.0 Å². The minimum Gasteiger partial charge on any atom is -0.493 e. The molecule has 4 heteroatoms. The lowest BCUT2D eigenvalue weighted by molar-refractivity contribution is -0.0672. The van der Waals surface area contributed by atoms with Crippen LogP contribution in [0.1, 0.15) is 24.8 Å². The molecule has 20 heavy (non-hydrogen) atoms. The number of hydrogen-bond acceptors (Lipinski definition) is 3. The van der Waals surface area contributed by atoms with Crippen molar-refractivity contribution in [3.8, 4) is 5.75 Å². The fourth-order valence-corrected chi connectivity index (χ4v) is 3.65. The number of nitrogens with zero attached hydrogens (tertiary/aromatic N) is 1. The Hall–Kier alpha value is -0.580. The molecule has 0 bridgehead atoms. The van der Waals surface area contributed by atoms with Gasteiger partial charge in [0.15, 0.2) is 0 Å². The minimum absolute atomic E-state index is 0.314. The van der Waals surface area contributed by atoms with Crippen LogP contribution in [0.4, 0.5) is 0 Å². The predicted molar refractivity (Wildman–Crippen MR) is 83.9 cm³/mol. The number of ether oxygens (including phenoxy) is 2. The Balaban J connectivity index is 1.69. The van der Waals surface area contributed by atoms with Crippen LogP contribution in [-0.2, 0) is 4.74 Å². The lowest BCUT2D eigenvalue weighted by Crippen LogP contribution is -2.48. The maximum atomic E-state index is 5.91.